The quantitative estimate of drug-likeness (QED) is 0.472. The Morgan fingerprint density at radius 3 is 2.69 bits per heavy atom. The fourth-order valence-electron chi connectivity index (χ4n) is 3.31. The van der Waals surface area contributed by atoms with Crippen molar-refractivity contribution in [2.24, 2.45) is 11.5 Å². The van der Waals surface area contributed by atoms with E-state index in [0.717, 1.165) is 46.4 Å². The number of benzene rings is 2. The summed E-state index contributed by atoms with van der Waals surface area (Å²) in [4.78, 5) is 15.6. The lowest BCUT2D eigenvalue weighted by Gasteiger charge is -2.11. The fourth-order valence-corrected chi connectivity index (χ4v) is 3.31. The van der Waals surface area contributed by atoms with Gasteiger partial charge in [-0.15, -0.1) is 12.4 Å². The minimum atomic E-state index is -0.163. The van der Waals surface area contributed by atoms with Crippen molar-refractivity contribution >= 4 is 29.2 Å². The molecule has 1 aliphatic rings. The van der Waals surface area contributed by atoms with Crippen molar-refractivity contribution in [2.45, 2.75) is 18.9 Å². The van der Waals surface area contributed by atoms with Crippen LogP contribution in [0.3, 0.4) is 0 Å². The van der Waals surface area contributed by atoms with Gasteiger partial charge in [0.25, 0.3) is 5.91 Å². The van der Waals surface area contributed by atoms with E-state index in [1.54, 1.807) is 0 Å². The molecule has 7 nitrogen and oxygen atoms in total. The molecule has 0 bridgehead atoms. The van der Waals surface area contributed by atoms with Gasteiger partial charge in [0.05, 0.1) is 0 Å². The third kappa shape index (κ3) is 4.64. The highest BCUT2D eigenvalue weighted by Gasteiger charge is 2.15. The molecule has 0 aliphatic carbocycles. The number of hydrogen-bond acceptors (Lipinski definition) is 5. The second-order valence-electron chi connectivity index (χ2n) is 6.95. The Kier molecular flexibility index (Phi) is 6.64. The molecule has 1 atom stereocenters. The summed E-state index contributed by atoms with van der Waals surface area (Å²) in [7, 11) is 0. The summed E-state index contributed by atoms with van der Waals surface area (Å²) in [6, 6.07) is 13.7. The van der Waals surface area contributed by atoms with E-state index in [2.05, 4.69) is 10.3 Å². The second kappa shape index (κ2) is 9.17. The molecule has 0 spiro atoms. The topological polar surface area (TPSA) is 115 Å². The number of halogens is 1. The smallest absolute Gasteiger partial charge is 0.267 e. The number of amides is 1. The van der Waals surface area contributed by atoms with Crippen LogP contribution in [0.5, 0.6) is 11.5 Å². The van der Waals surface area contributed by atoms with Crippen LogP contribution in [0.4, 0.5) is 0 Å². The van der Waals surface area contributed by atoms with Crippen molar-refractivity contribution in [3.63, 3.8) is 0 Å². The molecule has 0 radical (unpaired) electrons. The molecule has 2 heterocycles. The molecule has 8 heteroatoms. The van der Waals surface area contributed by atoms with Gasteiger partial charge in [-0.2, -0.15) is 0 Å². The number of fused-ring (bicyclic) bond motifs is 2. The molecular formula is C21H25ClN4O3. The van der Waals surface area contributed by atoms with Gasteiger partial charge in [0.15, 0.2) is 11.5 Å². The zero-order valence-electron chi connectivity index (χ0n) is 15.9. The molecule has 1 amide bonds. The molecule has 4 rings (SSSR count). The van der Waals surface area contributed by atoms with Crippen molar-refractivity contribution in [1.82, 2.24) is 10.3 Å². The number of carbonyl (C=O) groups is 1. The van der Waals surface area contributed by atoms with Crippen LogP contribution in [0.1, 0.15) is 23.3 Å². The predicted octanol–water partition coefficient (Wildman–Crippen LogP) is 2.78. The third-order valence-electron chi connectivity index (χ3n) is 4.88. The molecule has 0 unspecified atom stereocenters. The van der Waals surface area contributed by atoms with Crippen LogP contribution >= 0.6 is 12.4 Å². The maximum absolute atomic E-state index is 12.4. The summed E-state index contributed by atoms with van der Waals surface area (Å²) >= 11 is 0. The van der Waals surface area contributed by atoms with Crippen molar-refractivity contribution < 1.29 is 14.3 Å². The lowest BCUT2D eigenvalue weighted by molar-refractivity contribution is 0.0946. The molecule has 3 aromatic rings. The molecule has 154 valence electrons. The number of H-pyrrole nitrogens is 1. The second-order valence-corrected chi connectivity index (χ2v) is 6.95. The Balaban J connectivity index is 0.00000240. The van der Waals surface area contributed by atoms with Gasteiger partial charge >= 0.3 is 0 Å². The van der Waals surface area contributed by atoms with Gasteiger partial charge in [0, 0.05) is 23.5 Å². The summed E-state index contributed by atoms with van der Waals surface area (Å²) in [5.74, 6) is 1.34. The summed E-state index contributed by atoms with van der Waals surface area (Å²) < 4.78 is 10.8. The average molecular weight is 417 g/mol. The molecule has 1 aliphatic heterocycles. The van der Waals surface area contributed by atoms with Crippen LogP contribution in [0.25, 0.3) is 22.0 Å². The maximum atomic E-state index is 12.4. The molecule has 1 aromatic heterocycles. The first-order chi connectivity index (χ1) is 13.6. The summed E-state index contributed by atoms with van der Waals surface area (Å²) in [6.07, 6.45) is 1.65. The zero-order chi connectivity index (χ0) is 19.5. The Bertz CT molecular complexity index is 1000. The van der Waals surface area contributed by atoms with E-state index in [-0.39, 0.29) is 31.1 Å². The average Bonchev–Trinajstić information content (AvgIpc) is 3.35. The van der Waals surface area contributed by atoms with Gasteiger partial charge in [0.1, 0.15) is 5.69 Å². The summed E-state index contributed by atoms with van der Waals surface area (Å²) in [6.45, 7) is 1.29. The molecule has 0 saturated carbocycles. The minimum Gasteiger partial charge on any atom is -0.454 e. The molecular weight excluding hydrogens is 392 g/mol. The van der Waals surface area contributed by atoms with Crippen LogP contribution in [0.2, 0.25) is 0 Å². The van der Waals surface area contributed by atoms with Gasteiger partial charge in [-0.3, -0.25) is 4.79 Å². The van der Waals surface area contributed by atoms with E-state index >= 15 is 0 Å². The fraction of sp³-hybridized carbons (Fsp3) is 0.286. The number of nitrogens with two attached hydrogens (primary N) is 2. The van der Waals surface area contributed by atoms with E-state index in [0.29, 0.717) is 18.8 Å². The minimum absolute atomic E-state index is 0. The van der Waals surface area contributed by atoms with E-state index in [9.17, 15) is 4.79 Å². The first-order valence-electron chi connectivity index (χ1n) is 9.40. The molecule has 2 aromatic carbocycles. The van der Waals surface area contributed by atoms with Gasteiger partial charge in [-0.05, 0) is 54.8 Å². The highest BCUT2D eigenvalue weighted by Crippen LogP contribution is 2.36. The van der Waals surface area contributed by atoms with Crippen LogP contribution in [-0.4, -0.2) is 36.8 Å². The Labute approximate surface area is 175 Å². The van der Waals surface area contributed by atoms with Crippen LogP contribution in [-0.2, 0) is 0 Å². The van der Waals surface area contributed by atoms with Gasteiger partial charge < -0.3 is 31.2 Å². The number of aromatic nitrogens is 1. The molecule has 6 N–H and O–H groups in total. The normalized spacial score (nSPS) is 13.2. The number of nitrogens with one attached hydrogen (secondary N) is 2. The monoisotopic (exact) mass is 416 g/mol. The third-order valence-corrected chi connectivity index (χ3v) is 4.88. The van der Waals surface area contributed by atoms with Crippen molar-refractivity contribution in [2.75, 3.05) is 19.9 Å². The Hall–Kier alpha value is -2.74. The lowest BCUT2D eigenvalue weighted by atomic mass is 10.0. The van der Waals surface area contributed by atoms with Crippen molar-refractivity contribution in [1.29, 1.82) is 0 Å². The van der Waals surface area contributed by atoms with E-state index < -0.39 is 0 Å². The highest BCUT2D eigenvalue weighted by atomic mass is 35.5. The van der Waals surface area contributed by atoms with Gasteiger partial charge in [-0.1, -0.05) is 18.2 Å². The summed E-state index contributed by atoms with van der Waals surface area (Å²) in [5, 5.41) is 3.85. The van der Waals surface area contributed by atoms with Gasteiger partial charge in [-0.25, -0.2) is 0 Å². The standard InChI is InChI=1S/C21H24N4O3.ClH/c22-7-1-2-16(23)11-24-21(26)18-9-15-4-3-13(8-17(15)25-18)14-5-6-19-20(10-14)28-12-27-19;/h3-6,8-10,16,25H,1-2,7,11-12,22-23H2,(H,24,26);1H/t16-;/m0./s1. The van der Waals surface area contributed by atoms with Crippen molar-refractivity contribution in [3.05, 3.63) is 48.2 Å². The van der Waals surface area contributed by atoms with Crippen LogP contribution in [0, 0.1) is 0 Å². The Morgan fingerprint density at radius 1 is 1.10 bits per heavy atom. The van der Waals surface area contributed by atoms with Crippen LogP contribution in [0.15, 0.2) is 42.5 Å². The number of ether oxygens (including phenoxy) is 2. The Morgan fingerprint density at radius 2 is 1.86 bits per heavy atom. The largest absolute Gasteiger partial charge is 0.454 e. The van der Waals surface area contributed by atoms with Crippen LogP contribution < -0.4 is 26.3 Å². The number of aromatic amines is 1. The highest BCUT2D eigenvalue weighted by molar-refractivity contribution is 5.98. The summed E-state index contributed by atoms with van der Waals surface area (Å²) in [5.41, 5.74) is 14.9. The maximum Gasteiger partial charge on any atom is 0.267 e. The number of carbonyl (C=O) groups excluding carboxylic acids is 1. The number of rotatable bonds is 7. The first-order valence-corrected chi connectivity index (χ1v) is 9.40. The SMILES string of the molecule is Cl.NCCC[C@H](N)CNC(=O)c1cc2ccc(-c3ccc4c(c3)OCO4)cc2[nH]1. The van der Waals surface area contributed by atoms with E-state index in [1.807, 2.05) is 42.5 Å². The van der Waals surface area contributed by atoms with E-state index in [1.165, 1.54) is 0 Å². The zero-order valence-corrected chi connectivity index (χ0v) is 16.8. The number of hydrogen-bond donors (Lipinski definition) is 4. The first kappa shape index (κ1) is 21.0. The van der Waals surface area contributed by atoms with E-state index in [4.69, 9.17) is 20.9 Å². The molecule has 0 fully saturated rings. The molecule has 29 heavy (non-hydrogen) atoms. The molecule has 0 saturated heterocycles. The van der Waals surface area contributed by atoms with Crippen molar-refractivity contribution in [3.8, 4) is 22.6 Å². The van der Waals surface area contributed by atoms with Gasteiger partial charge in [0.2, 0.25) is 6.79 Å². The predicted molar refractivity (Wildman–Crippen MR) is 116 cm³/mol. The lowest BCUT2D eigenvalue weighted by Crippen LogP contribution is -2.37.